The van der Waals surface area contributed by atoms with Crippen molar-refractivity contribution in [1.29, 1.82) is 0 Å². The van der Waals surface area contributed by atoms with E-state index < -0.39 is 0 Å². The van der Waals surface area contributed by atoms with Gasteiger partial charge in [0.15, 0.2) is 0 Å². The molecule has 5 nitrogen and oxygen atoms in total. The molecule has 1 aliphatic heterocycles. The topological polar surface area (TPSA) is 61.8 Å². The van der Waals surface area contributed by atoms with Gasteiger partial charge in [-0.15, -0.1) is 0 Å². The zero-order valence-electron chi connectivity index (χ0n) is 18.4. The molecule has 1 fully saturated rings. The maximum Gasteiger partial charge on any atom is 0.221 e. The zero-order chi connectivity index (χ0) is 20.3. The molecule has 0 saturated carbocycles. The van der Waals surface area contributed by atoms with Crippen molar-refractivity contribution in [1.82, 2.24) is 10.2 Å². The minimum Gasteiger partial charge on any atom is -0.396 e. The van der Waals surface area contributed by atoms with E-state index in [1.54, 1.807) is 0 Å². The van der Waals surface area contributed by atoms with Crippen molar-refractivity contribution in [3.05, 3.63) is 0 Å². The summed E-state index contributed by atoms with van der Waals surface area (Å²) in [5, 5.41) is 12.4. The average Bonchev–Trinajstić information content (AvgIpc) is 2.72. The Kier molecular flexibility index (Phi) is 16.7. The predicted molar refractivity (Wildman–Crippen MR) is 116 cm³/mol. The Balaban J connectivity index is 1.93. The number of morpholine rings is 1. The van der Waals surface area contributed by atoms with Gasteiger partial charge in [-0.05, 0) is 6.42 Å². The van der Waals surface area contributed by atoms with Crippen LogP contribution in [0.3, 0.4) is 0 Å². The predicted octanol–water partition coefficient (Wildman–Crippen LogP) is 4.62. The molecule has 0 aliphatic carbocycles. The first kappa shape index (κ1) is 25.4. The normalized spacial score (nSPS) is 16.2. The number of nitrogens with zero attached hydrogens (tertiary/aromatic N) is 1. The van der Waals surface area contributed by atoms with Crippen LogP contribution in [0.15, 0.2) is 0 Å². The Morgan fingerprint density at radius 3 is 1.89 bits per heavy atom. The molecule has 1 saturated heterocycles. The van der Waals surface area contributed by atoms with Gasteiger partial charge >= 0.3 is 0 Å². The molecule has 0 radical (unpaired) electrons. The number of aliphatic hydroxyl groups excluding tert-OH is 1. The highest BCUT2D eigenvalue weighted by molar-refractivity contribution is 5.76. The maximum atomic E-state index is 12.2. The number of hydrogen-bond acceptors (Lipinski definition) is 4. The van der Waals surface area contributed by atoms with E-state index >= 15 is 0 Å². The number of nitrogens with one attached hydrogen (secondary N) is 1. The summed E-state index contributed by atoms with van der Waals surface area (Å²) < 4.78 is 5.37. The van der Waals surface area contributed by atoms with Gasteiger partial charge in [0.25, 0.3) is 0 Å². The Morgan fingerprint density at radius 1 is 0.893 bits per heavy atom. The van der Waals surface area contributed by atoms with E-state index in [0.717, 1.165) is 25.9 Å². The summed E-state index contributed by atoms with van der Waals surface area (Å²) in [6.45, 7) is 5.42. The number of ether oxygens (including phenoxy) is 1. The fourth-order valence-electron chi connectivity index (χ4n) is 3.92. The summed E-state index contributed by atoms with van der Waals surface area (Å²) in [5.41, 5.74) is 0. The van der Waals surface area contributed by atoms with Gasteiger partial charge in [0.1, 0.15) is 0 Å². The average molecular weight is 399 g/mol. The number of carbonyl (C=O) groups is 1. The first-order valence-corrected chi connectivity index (χ1v) is 12.0. The van der Waals surface area contributed by atoms with Crippen LogP contribution in [0.2, 0.25) is 0 Å². The highest BCUT2D eigenvalue weighted by Crippen LogP contribution is 2.13. The van der Waals surface area contributed by atoms with Crippen LogP contribution in [-0.2, 0) is 9.53 Å². The van der Waals surface area contributed by atoms with E-state index in [1.807, 2.05) is 0 Å². The van der Waals surface area contributed by atoms with Crippen molar-refractivity contribution in [3.63, 3.8) is 0 Å². The van der Waals surface area contributed by atoms with Gasteiger partial charge in [-0.3, -0.25) is 9.69 Å². The molecule has 1 rings (SSSR count). The van der Waals surface area contributed by atoms with Crippen LogP contribution in [0.25, 0.3) is 0 Å². The van der Waals surface area contributed by atoms with Gasteiger partial charge in [-0.2, -0.15) is 0 Å². The van der Waals surface area contributed by atoms with Crippen LogP contribution in [0, 0.1) is 0 Å². The van der Waals surface area contributed by atoms with Gasteiger partial charge in [-0.1, -0.05) is 84.0 Å². The highest BCUT2D eigenvalue weighted by Gasteiger charge is 2.21. The molecule has 166 valence electrons. The van der Waals surface area contributed by atoms with E-state index in [-0.39, 0.29) is 18.7 Å². The molecule has 28 heavy (non-hydrogen) atoms. The molecular formula is C23H46N2O3. The van der Waals surface area contributed by atoms with Crippen LogP contribution in [-0.4, -0.2) is 55.0 Å². The fraction of sp³-hybridized carbons (Fsp3) is 0.957. The summed E-state index contributed by atoms with van der Waals surface area (Å²) >= 11 is 0. The van der Waals surface area contributed by atoms with E-state index in [9.17, 15) is 9.90 Å². The van der Waals surface area contributed by atoms with Gasteiger partial charge in [-0.25, -0.2) is 0 Å². The van der Waals surface area contributed by atoms with Gasteiger partial charge < -0.3 is 15.2 Å². The third-order valence-electron chi connectivity index (χ3n) is 5.72. The van der Waals surface area contributed by atoms with Crippen molar-refractivity contribution >= 4 is 5.91 Å². The van der Waals surface area contributed by atoms with E-state index in [4.69, 9.17) is 4.74 Å². The van der Waals surface area contributed by atoms with Crippen molar-refractivity contribution in [2.75, 3.05) is 32.9 Å². The molecule has 0 bridgehead atoms. The van der Waals surface area contributed by atoms with Crippen LogP contribution < -0.4 is 5.32 Å². The number of carbonyl (C=O) groups excluding carboxylic acids is 1. The zero-order valence-corrected chi connectivity index (χ0v) is 18.4. The molecule has 1 heterocycles. The number of amides is 1. The van der Waals surface area contributed by atoms with Gasteiger partial charge in [0.2, 0.25) is 5.91 Å². The molecule has 1 atom stereocenters. The quantitative estimate of drug-likeness (QED) is 0.331. The van der Waals surface area contributed by atoms with Crippen molar-refractivity contribution in [2.45, 2.75) is 109 Å². The van der Waals surface area contributed by atoms with E-state index in [1.165, 1.54) is 70.6 Å². The molecule has 0 aromatic heterocycles. The lowest BCUT2D eigenvalue weighted by Gasteiger charge is -2.34. The molecule has 2 N–H and O–H groups in total. The lowest BCUT2D eigenvalue weighted by molar-refractivity contribution is -0.124. The second kappa shape index (κ2) is 18.4. The van der Waals surface area contributed by atoms with E-state index in [0.29, 0.717) is 26.1 Å². The highest BCUT2D eigenvalue weighted by atomic mass is 16.5. The number of hydrogen-bond donors (Lipinski definition) is 2. The number of rotatable bonds is 18. The van der Waals surface area contributed by atoms with Crippen LogP contribution >= 0.6 is 0 Å². The Bertz CT molecular complexity index is 360. The monoisotopic (exact) mass is 398 g/mol. The van der Waals surface area contributed by atoms with Crippen molar-refractivity contribution < 1.29 is 14.6 Å². The summed E-state index contributed by atoms with van der Waals surface area (Å²) in [5.74, 6) is 0.119. The summed E-state index contributed by atoms with van der Waals surface area (Å²) in [7, 11) is 0. The van der Waals surface area contributed by atoms with Crippen molar-refractivity contribution in [2.24, 2.45) is 0 Å². The minimum absolute atomic E-state index is 0.0524. The largest absolute Gasteiger partial charge is 0.396 e. The smallest absolute Gasteiger partial charge is 0.221 e. The summed E-state index contributed by atoms with van der Waals surface area (Å²) in [4.78, 5) is 14.4. The lowest BCUT2D eigenvalue weighted by atomic mass is 10.0. The molecule has 0 aromatic carbocycles. The van der Waals surface area contributed by atoms with Gasteiger partial charge in [0.05, 0.1) is 19.4 Å². The molecule has 1 amide bonds. The summed E-state index contributed by atoms with van der Waals surface area (Å²) in [6.07, 6.45) is 18.3. The molecule has 1 unspecified atom stereocenters. The Morgan fingerprint density at radius 2 is 1.39 bits per heavy atom. The second-order valence-electron chi connectivity index (χ2n) is 8.24. The molecule has 1 aliphatic rings. The first-order valence-electron chi connectivity index (χ1n) is 12.0. The first-order chi connectivity index (χ1) is 13.8. The van der Waals surface area contributed by atoms with Crippen LogP contribution in [0.5, 0.6) is 0 Å². The molecular weight excluding hydrogens is 352 g/mol. The van der Waals surface area contributed by atoms with E-state index in [2.05, 4.69) is 17.1 Å². The number of aliphatic hydroxyl groups is 1. The maximum absolute atomic E-state index is 12.2. The Hall–Kier alpha value is -0.650. The third-order valence-corrected chi connectivity index (χ3v) is 5.72. The Labute approximate surface area is 173 Å². The number of unbranched alkanes of at least 4 members (excludes halogenated alkanes) is 12. The molecule has 5 heteroatoms. The molecule has 0 spiro atoms. The fourth-order valence-corrected chi connectivity index (χ4v) is 3.92. The summed E-state index contributed by atoms with van der Waals surface area (Å²) in [6, 6.07) is 0. The van der Waals surface area contributed by atoms with Gasteiger partial charge in [0, 0.05) is 32.5 Å². The SMILES string of the molecule is CCCCCCCCCCCCCCCC(=O)NC(CCO)N1CCOCC1. The van der Waals surface area contributed by atoms with Crippen molar-refractivity contribution in [3.8, 4) is 0 Å². The standard InChI is InChI=1S/C23H46N2O3/c1-2-3-4-5-6-7-8-9-10-11-12-13-14-15-23(27)24-22(16-19-26)25-17-20-28-21-18-25/h22,26H,2-21H2,1H3,(H,24,27). The lowest BCUT2D eigenvalue weighted by Crippen LogP contribution is -2.52. The minimum atomic E-state index is -0.0524. The molecule has 0 aromatic rings. The second-order valence-corrected chi connectivity index (χ2v) is 8.24. The van der Waals surface area contributed by atoms with Crippen LogP contribution in [0.4, 0.5) is 0 Å². The van der Waals surface area contributed by atoms with Crippen LogP contribution in [0.1, 0.15) is 103 Å². The third kappa shape index (κ3) is 13.5.